The number of halogens is 5. The number of fused-ring (bicyclic) bond motifs is 1. The molecule has 9 nitrogen and oxygen atoms in total. The van der Waals surface area contributed by atoms with E-state index in [0.29, 0.717) is 13.0 Å². The number of nitrogen functional groups attached to an aromatic ring is 1. The van der Waals surface area contributed by atoms with E-state index >= 15 is 4.39 Å². The molecule has 4 aromatic rings. The molecule has 2 aromatic heterocycles. The second-order valence-corrected chi connectivity index (χ2v) is 8.48. The number of rotatable bonds is 5. The number of ether oxygens (including phenoxy) is 1. The van der Waals surface area contributed by atoms with Gasteiger partial charge in [-0.1, -0.05) is 0 Å². The van der Waals surface area contributed by atoms with Crippen LogP contribution in [0.2, 0.25) is 0 Å². The molecule has 14 heteroatoms. The van der Waals surface area contributed by atoms with Crippen LogP contribution in [0.3, 0.4) is 0 Å². The van der Waals surface area contributed by atoms with Crippen LogP contribution < -0.4 is 10.5 Å². The summed E-state index contributed by atoms with van der Waals surface area (Å²) in [6.07, 6.45) is 3.93. The van der Waals surface area contributed by atoms with Crippen molar-refractivity contribution >= 4 is 22.8 Å². The van der Waals surface area contributed by atoms with E-state index in [2.05, 4.69) is 15.1 Å². The van der Waals surface area contributed by atoms with Gasteiger partial charge in [-0.25, -0.2) is 27.8 Å². The van der Waals surface area contributed by atoms with Gasteiger partial charge in [-0.15, -0.1) is 0 Å². The third kappa shape index (κ3) is 4.58. The molecule has 3 heterocycles. The van der Waals surface area contributed by atoms with E-state index in [-0.39, 0.29) is 52.7 Å². The highest BCUT2D eigenvalue weighted by atomic mass is 19.2. The number of hydrogen-bond acceptors (Lipinski definition) is 7. The predicted molar refractivity (Wildman–Crippen MR) is 126 cm³/mol. The smallest absolute Gasteiger partial charge is 0.247 e. The zero-order valence-corrected chi connectivity index (χ0v) is 19.7. The predicted octanol–water partition coefficient (Wildman–Crippen LogP) is 4.42. The molecule has 1 saturated heterocycles. The first-order valence-corrected chi connectivity index (χ1v) is 11.3. The molecular formula is C25H16F5N7O2. The fourth-order valence-corrected chi connectivity index (χ4v) is 4.30. The van der Waals surface area contributed by atoms with Crippen LogP contribution in [0.25, 0.3) is 22.3 Å². The van der Waals surface area contributed by atoms with Gasteiger partial charge in [0.1, 0.15) is 29.4 Å². The lowest BCUT2D eigenvalue weighted by atomic mass is 10.1. The summed E-state index contributed by atoms with van der Waals surface area (Å²) in [5.41, 5.74) is 6.31. The van der Waals surface area contributed by atoms with Crippen LogP contribution in [0.1, 0.15) is 12.5 Å². The highest BCUT2D eigenvalue weighted by Gasteiger charge is 2.31. The van der Waals surface area contributed by atoms with Crippen molar-refractivity contribution in [3.8, 4) is 28.8 Å². The highest BCUT2D eigenvalue weighted by molar-refractivity contribution is 5.98. The Morgan fingerprint density at radius 1 is 1.10 bits per heavy atom. The van der Waals surface area contributed by atoms with Crippen molar-refractivity contribution in [3.05, 3.63) is 71.8 Å². The van der Waals surface area contributed by atoms with Gasteiger partial charge in [-0.05, 0) is 18.6 Å². The van der Waals surface area contributed by atoms with E-state index in [1.165, 1.54) is 22.0 Å². The SMILES string of the molecule is N#CC=CC(=O)N1CCC(n2nc(-c3ccc(Oc4c(F)c(F)cc(F)c4F)cc3F)c3c(N)ncnc32)C1. The first kappa shape index (κ1) is 25.6. The van der Waals surface area contributed by atoms with Gasteiger partial charge in [0.25, 0.3) is 0 Å². The molecular weight excluding hydrogens is 525 g/mol. The van der Waals surface area contributed by atoms with Gasteiger partial charge in [0, 0.05) is 42.9 Å². The van der Waals surface area contributed by atoms with E-state index < -0.39 is 40.6 Å². The summed E-state index contributed by atoms with van der Waals surface area (Å²) in [6.45, 7) is 0.621. The zero-order chi connectivity index (χ0) is 27.8. The first-order valence-electron chi connectivity index (χ1n) is 11.3. The fourth-order valence-electron chi connectivity index (χ4n) is 4.30. The Hall–Kier alpha value is -5.06. The number of nitriles is 1. The molecule has 1 fully saturated rings. The molecule has 0 bridgehead atoms. The second-order valence-electron chi connectivity index (χ2n) is 8.48. The van der Waals surface area contributed by atoms with Crippen LogP contribution in [0.5, 0.6) is 11.5 Å². The van der Waals surface area contributed by atoms with E-state index in [9.17, 15) is 22.4 Å². The highest BCUT2D eigenvalue weighted by Crippen LogP contribution is 2.37. The Balaban J connectivity index is 1.51. The summed E-state index contributed by atoms with van der Waals surface area (Å²) in [6, 6.07) is 4.51. The van der Waals surface area contributed by atoms with Crippen molar-refractivity contribution < 1.29 is 31.5 Å². The van der Waals surface area contributed by atoms with Crippen LogP contribution in [0.15, 0.2) is 42.7 Å². The summed E-state index contributed by atoms with van der Waals surface area (Å²) in [7, 11) is 0. The van der Waals surface area contributed by atoms with Crippen LogP contribution >= 0.6 is 0 Å². The van der Waals surface area contributed by atoms with Gasteiger partial charge in [-0.3, -0.25) is 4.79 Å². The van der Waals surface area contributed by atoms with E-state index in [1.54, 1.807) is 6.07 Å². The van der Waals surface area contributed by atoms with Crippen molar-refractivity contribution in [1.29, 1.82) is 5.26 Å². The van der Waals surface area contributed by atoms with Gasteiger partial charge in [0.05, 0.1) is 17.5 Å². The summed E-state index contributed by atoms with van der Waals surface area (Å²) in [4.78, 5) is 22.0. The average molecular weight is 541 g/mol. The number of allylic oxidation sites excluding steroid dienone is 1. The number of carbonyl (C=O) groups excluding carboxylic acids is 1. The number of carbonyl (C=O) groups is 1. The van der Waals surface area contributed by atoms with Crippen molar-refractivity contribution in [1.82, 2.24) is 24.6 Å². The lowest BCUT2D eigenvalue weighted by molar-refractivity contribution is -0.125. The molecule has 1 unspecified atom stereocenters. The Labute approximate surface area is 216 Å². The van der Waals surface area contributed by atoms with E-state index in [0.717, 1.165) is 24.3 Å². The molecule has 0 aliphatic carbocycles. The minimum Gasteiger partial charge on any atom is -0.451 e. The fraction of sp³-hybridized carbons (Fsp3) is 0.160. The largest absolute Gasteiger partial charge is 0.451 e. The van der Waals surface area contributed by atoms with Crippen LogP contribution in [-0.2, 0) is 4.79 Å². The molecule has 39 heavy (non-hydrogen) atoms. The standard InChI is InChI=1S/C25H16F5N7O2/c26-15-8-13(39-23-20(29)16(27)9-17(28)21(23)30)3-4-14(15)22-19-24(32)33-11-34-25(19)37(35-22)12-5-7-36(10-12)18(38)2-1-6-31/h1-4,8-9,11-12H,5,7,10H2,(H2,32,33,34). The molecule has 2 aromatic carbocycles. The summed E-state index contributed by atoms with van der Waals surface area (Å²) in [5, 5.41) is 13.4. The van der Waals surface area contributed by atoms with Gasteiger partial charge < -0.3 is 15.4 Å². The third-order valence-electron chi connectivity index (χ3n) is 6.13. The lowest BCUT2D eigenvalue weighted by Gasteiger charge is -2.14. The van der Waals surface area contributed by atoms with Crippen LogP contribution in [0.4, 0.5) is 27.8 Å². The average Bonchev–Trinajstić information content (AvgIpc) is 3.55. The Morgan fingerprint density at radius 3 is 2.54 bits per heavy atom. The molecule has 2 N–H and O–H groups in total. The molecule has 5 rings (SSSR count). The van der Waals surface area contributed by atoms with Crippen LogP contribution in [0, 0.1) is 40.4 Å². The number of aromatic nitrogens is 4. The van der Waals surface area contributed by atoms with Gasteiger partial charge >= 0.3 is 0 Å². The van der Waals surface area contributed by atoms with Crippen molar-refractivity contribution in [2.75, 3.05) is 18.8 Å². The number of nitrogens with zero attached hydrogens (tertiary/aromatic N) is 6. The molecule has 1 atom stereocenters. The van der Waals surface area contributed by atoms with Gasteiger partial charge in [0.2, 0.25) is 23.3 Å². The summed E-state index contributed by atoms with van der Waals surface area (Å²) in [5.74, 6) is -10.0. The molecule has 0 radical (unpaired) electrons. The second kappa shape index (κ2) is 10.0. The van der Waals surface area contributed by atoms with Crippen molar-refractivity contribution in [2.45, 2.75) is 12.5 Å². The number of anilines is 1. The van der Waals surface area contributed by atoms with Crippen molar-refractivity contribution in [2.24, 2.45) is 0 Å². The maximum Gasteiger partial charge on any atom is 0.247 e. The summed E-state index contributed by atoms with van der Waals surface area (Å²) < 4.78 is 76.8. The maximum absolute atomic E-state index is 15.3. The molecule has 0 saturated carbocycles. The lowest BCUT2D eigenvalue weighted by Crippen LogP contribution is -2.27. The van der Waals surface area contributed by atoms with Gasteiger partial charge in [-0.2, -0.15) is 19.1 Å². The Kier molecular flexibility index (Phi) is 6.57. The number of hydrogen-bond donors (Lipinski definition) is 1. The molecule has 1 aliphatic rings. The number of amides is 1. The molecule has 198 valence electrons. The number of likely N-dealkylation sites (tertiary alicyclic amines) is 1. The minimum atomic E-state index is -1.78. The topological polar surface area (TPSA) is 123 Å². The zero-order valence-electron chi connectivity index (χ0n) is 19.7. The van der Waals surface area contributed by atoms with Gasteiger partial charge in [0.15, 0.2) is 17.3 Å². The Bertz CT molecular complexity index is 1670. The summed E-state index contributed by atoms with van der Waals surface area (Å²) >= 11 is 0. The molecule has 0 spiro atoms. The first-order chi connectivity index (χ1) is 18.7. The maximum atomic E-state index is 15.3. The van der Waals surface area contributed by atoms with E-state index in [1.807, 2.05) is 0 Å². The normalized spacial score (nSPS) is 15.3. The number of benzene rings is 2. The molecule has 1 amide bonds. The minimum absolute atomic E-state index is 0.00300. The van der Waals surface area contributed by atoms with Crippen molar-refractivity contribution in [3.63, 3.8) is 0 Å². The monoisotopic (exact) mass is 541 g/mol. The quantitative estimate of drug-likeness (QED) is 0.172. The number of nitrogens with two attached hydrogens (primary N) is 1. The molecule has 1 aliphatic heterocycles. The third-order valence-corrected chi connectivity index (χ3v) is 6.13. The Morgan fingerprint density at radius 2 is 1.85 bits per heavy atom. The van der Waals surface area contributed by atoms with Crippen LogP contribution in [-0.4, -0.2) is 43.6 Å². The van der Waals surface area contributed by atoms with E-state index in [4.69, 9.17) is 15.7 Å².